The summed E-state index contributed by atoms with van der Waals surface area (Å²) >= 11 is 0. The third-order valence-electron chi connectivity index (χ3n) is 6.59. The molecule has 0 radical (unpaired) electrons. The van der Waals surface area contributed by atoms with Crippen LogP contribution < -0.4 is 15.8 Å². The number of nitrogens with one attached hydrogen (secondary N) is 2. The van der Waals surface area contributed by atoms with Gasteiger partial charge in [0.1, 0.15) is 28.7 Å². The molecular weight excluding hydrogens is 484 g/mol. The maximum Gasteiger partial charge on any atom is 0.412 e. The summed E-state index contributed by atoms with van der Waals surface area (Å²) in [6.45, 7) is 8.15. The van der Waals surface area contributed by atoms with Gasteiger partial charge in [-0.3, -0.25) is 14.9 Å². The number of carbonyl (C=O) groups excluding carboxylic acids is 1. The van der Waals surface area contributed by atoms with Crippen LogP contribution in [0.1, 0.15) is 45.5 Å². The van der Waals surface area contributed by atoms with E-state index in [2.05, 4.69) is 29.9 Å². The maximum atomic E-state index is 12.3. The molecule has 0 saturated carbocycles. The first-order chi connectivity index (χ1) is 18.2. The van der Waals surface area contributed by atoms with E-state index in [1.165, 1.54) is 0 Å². The molecule has 11 nitrogen and oxygen atoms in total. The maximum absolute atomic E-state index is 12.3. The summed E-state index contributed by atoms with van der Waals surface area (Å²) in [5, 5.41) is 8.62. The summed E-state index contributed by atoms with van der Waals surface area (Å²) in [5.41, 5.74) is 8.76. The number of rotatable bonds is 6. The predicted octanol–water partition coefficient (Wildman–Crippen LogP) is 4.60. The first-order valence-corrected chi connectivity index (χ1v) is 12.7. The molecule has 200 valence electrons. The van der Waals surface area contributed by atoms with Crippen molar-refractivity contribution >= 4 is 28.5 Å². The lowest BCUT2D eigenvalue weighted by molar-refractivity contribution is 0.0635. The minimum absolute atomic E-state index is 0.232. The minimum Gasteiger partial charge on any atom is -0.495 e. The Morgan fingerprint density at radius 3 is 2.66 bits per heavy atom. The molecule has 0 atom stereocenters. The largest absolute Gasteiger partial charge is 0.495 e. The van der Waals surface area contributed by atoms with Gasteiger partial charge < -0.3 is 20.2 Å². The van der Waals surface area contributed by atoms with E-state index in [-0.39, 0.29) is 6.04 Å². The third kappa shape index (κ3) is 5.42. The molecule has 1 fully saturated rings. The van der Waals surface area contributed by atoms with E-state index in [1.54, 1.807) is 25.6 Å². The molecule has 0 bridgehead atoms. The first kappa shape index (κ1) is 25.5. The topological polar surface area (TPSA) is 136 Å². The van der Waals surface area contributed by atoms with Crippen molar-refractivity contribution < 1.29 is 14.3 Å². The monoisotopic (exact) mass is 518 g/mol. The van der Waals surface area contributed by atoms with E-state index < -0.39 is 11.7 Å². The molecule has 4 N–H and O–H groups in total. The van der Waals surface area contributed by atoms with Gasteiger partial charge >= 0.3 is 6.09 Å². The minimum atomic E-state index is -0.609. The SMILES string of the molecule is COc1cc(-c2nn(C3CCN(Cc4ncc[nH]4)CC3)c3ccnc(N)c23)ccc1NC(=O)OC(C)(C)C. The van der Waals surface area contributed by atoms with Gasteiger partial charge in [-0.15, -0.1) is 0 Å². The second kappa shape index (κ2) is 10.3. The van der Waals surface area contributed by atoms with Crippen LogP contribution in [-0.4, -0.2) is 61.5 Å². The van der Waals surface area contributed by atoms with Crippen molar-refractivity contribution in [2.24, 2.45) is 0 Å². The highest BCUT2D eigenvalue weighted by atomic mass is 16.6. The summed E-state index contributed by atoms with van der Waals surface area (Å²) in [6, 6.07) is 7.71. The Balaban J connectivity index is 1.42. The number of hydrogen-bond donors (Lipinski definition) is 3. The number of nitrogens with two attached hydrogens (primary N) is 1. The van der Waals surface area contributed by atoms with E-state index in [1.807, 2.05) is 45.2 Å². The van der Waals surface area contributed by atoms with Gasteiger partial charge in [-0.05, 0) is 51.8 Å². The molecule has 0 spiro atoms. The second-order valence-corrected chi connectivity index (χ2v) is 10.5. The lowest BCUT2D eigenvalue weighted by Gasteiger charge is -2.31. The van der Waals surface area contributed by atoms with Crippen LogP contribution in [0.25, 0.3) is 22.2 Å². The van der Waals surface area contributed by atoms with E-state index >= 15 is 0 Å². The molecule has 3 aromatic heterocycles. The molecule has 1 aromatic carbocycles. The predicted molar refractivity (Wildman–Crippen MR) is 146 cm³/mol. The number of piperidine rings is 1. The number of benzene rings is 1. The van der Waals surface area contributed by atoms with Crippen LogP contribution >= 0.6 is 0 Å². The summed E-state index contributed by atoms with van der Waals surface area (Å²) < 4.78 is 13.1. The number of methoxy groups -OCH3 is 1. The highest BCUT2D eigenvalue weighted by molar-refractivity contribution is 6.00. The van der Waals surface area contributed by atoms with E-state index in [9.17, 15) is 4.79 Å². The Kier molecular flexibility index (Phi) is 6.94. The van der Waals surface area contributed by atoms with Crippen LogP contribution in [0.5, 0.6) is 5.75 Å². The average molecular weight is 519 g/mol. The number of fused-ring (bicyclic) bond motifs is 1. The van der Waals surface area contributed by atoms with Gasteiger partial charge in [0.2, 0.25) is 0 Å². The Morgan fingerprint density at radius 1 is 1.18 bits per heavy atom. The van der Waals surface area contributed by atoms with Gasteiger partial charge in [0.25, 0.3) is 0 Å². The van der Waals surface area contributed by atoms with Gasteiger partial charge in [-0.25, -0.2) is 14.8 Å². The van der Waals surface area contributed by atoms with E-state index in [4.69, 9.17) is 20.3 Å². The Hall–Kier alpha value is -4.12. The molecule has 1 aliphatic rings. The molecule has 1 saturated heterocycles. The van der Waals surface area contributed by atoms with Crippen LogP contribution in [0.15, 0.2) is 42.9 Å². The highest BCUT2D eigenvalue weighted by Gasteiger charge is 2.26. The molecule has 0 aliphatic carbocycles. The van der Waals surface area contributed by atoms with Crippen molar-refractivity contribution in [3.8, 4) is 17.0 Å². The van der Waals surface area contributed by atoms with Crippen molar-refractivity contribution in [3.63, 3.8) is 0 Å². The van der Waals surface area contributed by atoms with Crippen LogP contribution in [0.2, 0.25) is 0 Å². The molecular formula is C27H34N8O3. The highest BCUT2D eigenvalue weighted by Crippen LogP contribution is 2.38. The van der Waals surface area contributed by atoms with Crippen LogP contribution in [-0.2, 0) is 11.3 Å². The van der Waals surface area contributed by atoms with Crippen molar-refractivity contribution in [2.45, 2.75) is 51.8 Å². The van der Waals surface area contributed by atoms with Crippen LogP contribution in [0, 0.1) is 0 Å². The summed E-state index contributed by atoms with van der Waals surface area (Å²) in [7, 11) is 1.56. The second-order valence-electron chi connectivity index (χ2n) is 10.5. The fraction of sp³-hybridized carbons (Fsp3) is 0.407. The average Bonchev–Trinajstić information content (AvgIpc) is 3.52. The van der Waals surface area contributed by atoms with Gasteiger partial charge in [0.05, 0.1) is 36.3 Å². The number of aromatic amines is 1. The molecule has 1 aliphatic heterocycles. The Bertz CT molecular complexity index is 1420. The molecule has 1 amide bonds. The number of ether oxygens (including phenoxy) is 2. The number of imidazole rings is 1. The molecule has 0 unspecified atom stereocenters. The first-order valence-electron chi connectivity index (χ1n) is 12.7. The third-order valence-corrected chi connectivity index (χ3v) is 6.59. The van der Waals surface area contributed by atoms with Gasteiger partial charge in [-0.1, -0.05) is 6.07 Å². The summed E-state index contributed by atoms with van der Waals surface area (Å²) in [4.78, 5) is 26.6. The number of amides is 1. The van der Waals surface area contributed by atoms with Gasteiger partial charge in [0.15, 0.2) is 0 Å². The number of H-pyrrole nitrogens is 1. The fourth-order valence-corrected chi connectivity index (χ4v) is 4.87. The van der Waals surface area contributed by atoms with Crippen molar-refractivity contribution in [3.05, 3.63) is 48.7 Å². The fourth-order valence-electron chi connectivity index (χ4n) is 4.87. The number of anilines is 2. The Morgan fingerprint density at radius 2 is 1.97 bits per heavy atom. The molecule has 38 heavy (non-hydrogen) atoms. The lowest BCUT2D eigenvalue weighted by atomic mass is 10.0. The number of nitrogen functional groups attached to an aromatic ring is 1. The quantitative estimate of drug-likeness (QED) is 0.337. The normalized spacial score (nSPS) is 15.1. The zero-order valence-electron chi connectivity index (χ0n) is 22.2. The Labute approximate surface area is 221 Å². The van der Waals surface area contributed by atoms with Crippen LogP contribution in [0.3, 0.4) is 0 Å². The van der Waals surface area contributed by atoms with E-state index in [0.717, 1.165) is 60.5 Å². The molecule has 5 rings (SSSR count). The molecule has 11 heteroatoms. The van der Waals surface area contributed by atoms with Gasteiger partial charge in [0, 0.05) is 37.2 Å². The zero-order valence-corrected chi connectivity index (χ0v) is 22.2. The standard InChI is InChI=1S/C27H34N8O3/c1-27(2,3)38-26(36)32-19-6-5-17(15-21(19)37-4)24-23-20(7-10-31-25(23)28)35(33-24)18-8-13-34(14-9-18)16-22-29-11-12-30-22/h5-7,10-12,15,18H,8-9,13-14,16H2,1-4H3,(H2,28,31)(H,29,30)(H,32,36). The van der Waals surface area contributed by atoms with E-state index in [0.29, 0.717) is 17.3 Å². The molecule has 4 heterocycles. The number of aromatic nitrogens is 5. The number of carbonyl (C=O) groups is 1. The van der Waals surface area contributed by atoms with Crippen molar-refractivity contribution in [1.29, 1.82) is 0 Å². The zero-order chi connectivity index (χ0) is 26.9. The molecule has 4 aromatic rings. The van der Waals surface area contributed by atoms with Gasteiger partial charge in [-0.2, -0.15) is 5.10 Å². The summed E-state index contributed by atoms with van der Waals surface area (Å²) in [5.74, 6) is 1.89. The number of hydrogen-bond acceptors (Lipinski definition) is 8. The number of pyridine rings is 1. The van der Waals surface area contributed by atoms with Crippen molar-refractivity contribution in [1.82, 2.24) is 29.6 Å². The summed E-state index contributed by atoms with van der Waals surface area (Å²) in [6.07, 6.45) is 6.73. The lowest BCUT2D eigenvalue weighted by Crippen LogP contribution is -2.34. The number of nitrogens with zero attached hydrogens (tertiary/aromatic N) is 5. The smallest absolute Gasteiger partial charge is 0.412 e. The van der Waals surface area contributed by atoms with Crippen molar-refractivity contribution in [2.75, 3.05) is 31.2 Å². The number of likely N-dealkylation sites (tertiary alicyclic amines) is 1. The van der Waals surface area contributed by atoms with Crippen LogP contribution in [0.4, 0.5) is 16.3 Å².